The van der Waals surface area contributed by atoms with Crippen LogP contribution in [0, 0.1) is 21.4 Å². The summed E-state index contributed by atoms with van der Waals surface area (Å²) in [5.74, 6) is -2.23. The molecule has 0 aromatic heterocycles. The number of aliphatic carboxylic acids is 1. The summed E-state index contributed by atoms with van der Waals surface area (Å²) < 4.78 is 0. The molecule has 1 aliphatic heterocycles. The maximum Gasteiger partial charge on any atom is 0.347 e. The molecule has 0 unspecified atom stereocenters. The Morgan fingerprint density at radius 1 is 1.50 bits per heavy atom. The van der Waals surface area contributed by atoms with Gasteiger partial charge < -0.3 is 10.0 Å². The highest BCUT2D eigenvalue weighted by Gasteiger charge is 2.35. The van der Waals surface area contributed by atoms with Crippen LogP contribution in [-0.2, 0) is 9.59 Å². The van der Waals surface area contributed by atoms with Crippen LogP contribution in [0.25, 0.3) is 5.57 Å². The number of carbonyl (C=O) groups is 2. The first-order valence-electron chi connectivity index (χ1n) is 5.33. The molecule has 1 aromatic carbocycles. The van der Waals surface area contributed by atoms with Crippen LogP contribution in [0.15, 0.2) is 23.8 Å². The highest BCUT2D eigenvalue weighted by atomic mass is 16.6. The summed E-state index contributed by atoms with van der Waals surface area (Å²) in [6.45, 7) is 0. The molecule has 20 heavy (non-hydrogen) atoms. The number of likely N-dealkylation sites (N-methyl/N-ethyl adjacent to an activating group) is 1. The number of amides is 1. The zero-order valence-electron chi connectivity index (χ0n) is 10.2. The second kappa shape index (κ2) is 4.47. The van der Waals surface area contributed by atoms with E-state index in [4.69, 9.17) is 10.4 Å². The summed E-state index contributed by atoms with van der Waals surface area (Å²) in [6, 6.07) is 5.09. The standard InChI is InChI=1S/C12H7N3O5/c1-14-9-3-2-6(15(19)20)4-7(9)10(11(14)16)8(5-13)12(17)18/h2-4H,1H3,(H,17,18)/b10-8-. The Hall–Kier alpha value is -3.21. The van der Waals surface area contributed by atoms with Crippen molar-refractivity contribution in [3.8, 4) is 6.07 Å². The predicted octanol–water partition coefficient (Wildman–Crippen LogP) is 0.933. The SMILES string of the molecule is CN1C(=O)/C(=C(/C#N)C(=O)O)c2cc([N+](=O)[O-])ccc21. The van der Waals surface area contributed by atoms with Gasteiger partial charge in [0.15, 0.2) is 5.57 Å². The molecule has 0 spiro atoms. The van der Waals surface area contributed by atoms with Gasteiger partial charge in [-0.25, -0.2) is 4.79 Å². The lowest BCUT2D eigenvalue weighted by Crippen LogP contribution is -2.21. The molecular weight excluding hydrogens is 266 g/mol. The molecule has 0 radical (unpaired) electrons. The van der Waals surface area contributed by atoms with E-state index in [-0.39, 0.29) is 16.8 Å². The first-order chi connectivity index (χ1) is 9.38. The summed E-state index contributed by atoms with van der Waals surface area (Å²) in [4.78, 5) is 34.3. The van der Waals surface area contributed by atoms with Crippen LogP contribution in [-0.4, -0.2) is 29.0 Å². The van der Waals surface area contributed by atoms with E-state index in [1.54, 1.807) is 0 Å². The van der Waals surface area contributed by atoms with Gasteiger partial charge >= 0.3 is 5.97 Å². The van der Waals surface area contributed by atoms with Crippen molar-refractivity contribution in [2.45, 2.75) is 0 Å². The van der Waals surface area contributed by atoms with Crippen LogP contribution >= 0.6 is 0 Å². The Kier molecular flexibility index (Phi) is 2.96. The normalized spacial score (nSPS) is 15.6. The van der Waals surface area contributed by atoms with Gasteiger partial charge in [-0.05, 0) is 6.07 Å². The molecule has 0 fully saturated rings. The highest BCUT2D eigenvalue weighted by Crippen LogP contribution is 2.39. The topological polar surface area (TPSA) is 125 Å². The molecule has 1 aliphatic rings. The Balaban J connectivity index is 2.80. The second-order valence-electron chi connectivity index (χ2n) is 3.99. The molecule has 2 rings (SSSR count). The number of benzene rings is 1. The zero-order valence-corrected chi connectivity index (χ0v) is 10.2. The fourth-order valence-electron chi connectivity index (χ4n) is 1.97. The van der Waals surface area contributed by atoms with E-state index in [1.807, 2.05) is 0 Å². The Bertz CT molecular complexity index is 729. The predicted molar refractivity (Wildman–Crippen MR) is 66.7 cm³/mol. The molecule has 8 heteroatoms. The molecule has 0 aliphatic carbocycles. The van der Waals surface area contributed by atoms with E-state index < -0.39 is 22.4 Å². The molecule has 0 bridgehead atoms. The minimum atomic E-state index is -1.55. The summed E-state index contributed by atoms with van der Waals surface area (Å²) in [5.41, 5.74) is -0.954. The molecule has 0 saturated heterocycles. The fraction of sp³-hybridized carbons (Fsp3) is 0.0833. The maximum absolute atomic E-state index is 12.0. The van der Waals surface area contributed by atoms with Gasteiger partial charge in [0.05, 0.1) is 16.2 Å². The van der Waals surface area contributed by atoms with Gasteiger partial charge in [-0.15, -0.1) is 0 Å². The zero-order chi connectivity index (χ0) is 15.0. The summed E-state index contributed by atoms with van der Waals surface area (Å²) in [6.07, 6.45) is 0. The van der Waals surface area contributed by atoms with Crippen molar-refractivity contribution in [2.75, 3.05) is 11.9 Å². The number of nitrogens with zero attached hydrogens (tertiary/aromatic N) is 3. The van der Waals surface area contributed by atoms with Crippen molar-refractivity contribution in [3.05, 3.63) is 39.4 Å². The Morgan fingerprint density at radius 2 is 2.15 bits per heavy atom. The molecule has 1 amide bonds. The van der Waals surface area contributed by atoms with Crippen molar-refractivity contribution < 1.29 is 19.6 Å². The first-order valence-corrected chi connectivity index (χ1v) is 5.33. The average molecular weight is 273 g/mol. The fourth-order valence-corrected chi connectivity index (χ4v) is 1.97. The lowest BCUT2D eigenvalue weighted by Gasteiger charge is -2.08. The van der Waals surface area contributed by atoms with E-state index in [1.165, 1.54) is 25.2 Å². The van der Waals surface area contributed by atoms with Crippen molar-refractivity contribution in [3.63, 3.8) is 0 Å². The quantitative estimate of drug-likeness (QED) is 0.370. The number of nitriles is 1. The number of nitro groups is 1. The van der Waals surface area contributed by atoms with E-state index in [2.05, 4.69) is 0 Å². The van der Waals surface area contributed by atoms with E-state index in [9.17, 15) is 19.7 Å². The number of hydrogen-bond acceptors (Lipinski definition) is 5. The molecule has 1 N–H and O–H groups in total. The summed E-state index contributed by atoms with van der Waals surface area (Å²) >= 11 is 0. The monoisotopic (exact) mass is 273 g/mol. The van der Waals surface area contributed by atoms with Crippen LogP contribution in [0.4, 0.5) is 11.4 Å². The number of hydrogen-bond donors (Lipinski definition) is 1. The average Bonchev–Trinajstić information content (AvgIpc) is 2.64. The minimum absolute atomic E-state index is 0.0747. The van der Waals surface area contributed by atoms with Gasteiger partial charge in [0.1, 0.15) is 6.07 Å². The molecule has 1 aromatic rings. The number of fused-ring (bicyclic) bond motifs is 1. The number of anilines is 1. The van der Waals surface area contributed by atoms with Gasteiger partial charge in [-0.1, -0.05) is 0 Å². The maximum atomic E-state index is 12.0. The minimum Gasteiger partial charge on any atom is -0.477 e. The van der Waals surface area contributed by atoms with Crippen LogP contribution in [0.5, 0.6) is 0 Å². The number of carboxylic acids is 1. The molecule has 8 nitrogen and oxygen atoms in total. The Labute approximate surface area is 112 Å². The molecule has 0 saturated carbocycles. The highest BCUT2D eigenvalue weighted by molar-refractivity contribution is 6.36. The summed E-state index contributed by atoms with van der Waals surface area (Å²) in [5, 5.41) is 28.6. The van der Waals surface area contributed by atoms with E-state index in [0.717, 1.165) is 11.0 Å². The van der Waals surface area contributed by atoms with Crippen molar-refractivity contribution in [2.24, 2.45) is 0 Å². The first kappa shape index (κ1) is 13.2. The molecule has 0 atom stereocenters. The van der Waals surface area contributed by atoms with Gasteiger partial charge in [0.2, 0.25) is 0 Å². The van der Waals surface area contributed by atoms with Gasteiger partial charge in [-0.3, -0.25) is 14.9 Å². The Morgan fingerprint density at radius 3 is 2.65 bits per heavy atom. The van der Waals surface area contributed by atoms with E-state index in [0.29, 0.717) is 5.69 Å². The van der Waals surface area contributed by atoms with Crippen molar-refractivity contribution >= 4 is 28.8 Å². The van der Waals surface area contributed by atoms with Gasteiger partial charge in [0.25, 0.3) is 11.6 Å². The second-order valence-corrected chi connectivity index (χ2v) is 3.99. The van der Waals surface area contributed by atoms with Gasteiger partial charge in [-0.2, -0.15) is 5.26 Å². The third-order valence-electron chi connectivity index (χ3n) is 2.92. The van der Waals surface area contributed by atoms with Crippen LogP contribution in [0.3, 0.4) is 0 Å². The van der Waals surface area contributed by atoms with Crippen LogP contribution in [0.1, 0.15) is 5.56 Å². The number of rotatable bonds is 2. The number of nitro benzene ring substituents is 1. The number of carbonyl (C=O) groups excluding carboxylic acids is 1. The molecule has 1 heterocycles. The van der Waals surface area contributed by atoms with Crippen LogP contribution in [0.2, 0.25) is 0 Å². The third-order valence-corrected chi connectivity index (χ3v) is 2.92. The molecular formula is C12H7N3O5. The van der Waals surface area contributed by atoms with E-state index >= 15 is 0 Å². The third kappa shape index (κ3) is 1.78. The summed E-state index contributed by atoms with van der Waals surface area (Å²) in [7, 11) is 1.40. The van der Waals surface area contributed by atoms with Crippen molar-refractivity contribution in [1.82, 2.24) is 0 Å². The number of carboxylic acid groups (broad SMARTS) is 1. The van der Waals surface area contributed by atoms with Gasteiger partial charge in [0, 0.05) is 24.7 Å². The number of non-ortho nitro benzene ring substituents is 1. The smallest absolute Gasteiger partial charge is 0.347 e. The lowest BCUT2D eigenvalue weighted by atomic mass is 10.0. The molecule has 100 valence electrons. The van der Waals surface area contributed by atoms with Crippen molar-refractivity contribution in [1.29, 1.82) is 5.26 Å². The van der Waals surface area contributed by atoms with Crippen LogP contribution < -0.4 is 4.90 Å². The lowest BCUT2D eigenvalue weighted by molar-refractivity contribution is -0.384. The largest absolute Gasteiger partial charge is 0.477 e.